The molecule has 1 saturated carbocycles. The minimum atomic E-state index is -4.92. The summed E-state index contributed by atoms with van der Waals surface area (Å²) in [5, 5.41) is 2.92. The number of halogens is 6. The first-order valence-corrected chi connectivity index (χ1v) is 19.2. The molecule has 0 saturated heterocycles. The van der Waals surface area contributed by atoms with Crippen molar-refractivity contribution in [1.82, 2.24) is 10.2 Å². The summed E-state index contributed by atoms with van der Waals surface area (Å²) in [7, 11) is -4.65. The minimum absolute atomic E-state index is 0.0658. The van der Waals surface area contributed by atoms with Crippen molar-refractivity contribution in [2.45, 2.75) is 75.1 Å². The Balaban J connectivity index is 1.62. The Morgan fingerprint density at radius 2 is 1.48 bits per heavy atom. The first kappa shape index (κ1) is 39.4. The highest BCUT2D eigenvalue weighted by Crippen LogP contribution is 2.38. The summed E-state index contributed by atoms with van der Waals surface area (Å²) in [6, 6.07) is 20.8. The van der Waals surface area contributed by atoms with Crippen LogP contribution in [0.25, 0.3) is 0 Å². The van der Waals surface area contributed by atoms with Crippen LogP contribution < -0.4 is 9.62 Å². The van der Waals surface area contributed by atoms with Gasteiger partial charge in [0.05, 0.1) is 31.2 Å². The monoisotopic (exact) mass is 793 g/mol. The normalized spacial score (nSPS) is 14.4. The number of sulfonamides is 1. The molecule has 7 nitrogen and oxygen atoms in total. The van der Waals surface area contributed by atoms with E-state index in [4.69, 9.17) is 34.8 Å². The van der Waals surface area contributed by atoms with E-state index in [2.05, 4.69) is 5.32 Å². The molecule has 1 fully saturated rings. The van der Waals surface area contributed by atoms with Crippen molar-refractivity contribution in [3.8, 4) is 0 Å². The van der Waals surface area contributed by atoms with E-state index in [1.807, 2.05) is 18.2 Å². The van der Waals surface area contributed by atoms with E-state index in [0.717, 1.165) is 55.4 Å². The summed E-state index contributed by atoms with van der Waals surface area (Å²) < 4.78 is 71.3. The number of aryl methyl sites for hydroxylation is 1. The van der Waals surface area contributed by atoms with Gasteiger partial charge in [0.25, 0.3) is 10.0 Å². The molecule has 1 aliphatic rings. The fourth-order valence-electron chi connectivity index (χ4n) is 6.18. The van der Waals surface area contributed by atoms with E-state index in [1.54, 1.807) is 31.2 Å². The maximum absolute atomic E-state index is 14.7. The van der Waals surface area contributed by atoms with E-state index >= 15 is 0 Å². The van der Waals surface area contributed by atoms with Crippen LogP contribution in [0, 0.1) is 6.92 Å². The van der Waals surface area contributed by atoms with Crippen LogP contribution in [0.3, 0.4) is 0 Å². The average Bonchev–Trinajstić information content (AvgIpc) is 3.11. The molecular formula is C38H37Cl3F3N3O4S. The lowest BCUT2D eigenvalue weighted by molar-refractivity contribution is -0.140. The Kier molecular flexibility index (Phi) is 12.8. The lowest BCUT2D eigenvalue weighted by Crippen LogP contribution is -2.55. The zero-order chi connectivity index (χ0) is 37.6. The van der Waals surface area contributed by atoms with Gasteiger partial charge in [-0.05, 0) is 73.4 Å². The number of carbonyl (C=O) groups excluding carboxylic acids is 2. The first-order valence-electron chi connectivity index (χ1n) is 16.7. The molecule has 276 valence electrons. The van der Waals surface area contributed by atoms with Gasteiger partial charge in [0.2, 0.25) is 11.8 Å². The van der Waals surface area contributed by atoms with E-state index in [1.165, 1.54) is 35.2 Å². The number of carbonyl (C=O) groups is 2. The standard InChI is InChI=1S/C38H37Cl3F3N3O4S/c1-25-12-16-30(17-13-25)52(50,51)47(29-15-19-32(39)31(22-29)38(42,43)44)24-36(48)46(23-27-14-18-33(40)34(41)20-27)35(21-26-8-4-2-5-9-26)37(49)45-28-10-6-3-7-11-28/h2,4-5,8-9,12-20,22,28,35H,3,6-7,10-11,21,23-24H2,1H3,(H,45,49). The van der Waals surface area contributed by atoms with Crippen LogP contribution in [0.1, 0.15) is 54.4 Å². The Hall–Kier alpha value is -3.77. The van der Waals surface area contributed by atoms with Crippen LogP contribution in [-0.4, -0.2) is 43.8 Å². The van der Waals surface area contributed by atoms with Crippen LogP contribution in [0.4, 0.5) is 18.9 Å². The number of amides is 2. The second kappa shape index (κ2) is 16.9. The number of nitrogens with one attached hydrogen (secondary N) is 1. The zero-order valence-corrected chi connectivity index (χ0v) is 31.3. The lowest BCUT2D eigenvalue weighted by atomic mass is 9.94. The van der Waals surface area contributed by atoms with Gasteiger partial charge >= 0.3 is 6.18 Å². The van der Waals surface area contributed by atoms with Crippen LogP contribution >= 0.6 is 34.8 Å². The van der Waals surface area contributed by atoms with Gasteiger partial charge in [-0.2, -0.15) is 13.2 Å². The maximum Gasteiger partial charge on any atom is 0.417 e. The molecule has 4 aromatic carbocycles. The highest BCUT2D eigenvalue weighted by molar-refractivity contribution is 7.92. The number of rotatable bonds is 12. The first-order chi connectivity index (χ1) is 24.6. The molecule has 1 N–H and O–H groups in total. The maximum atomic E-state index is 14.7. The molecule has 52 heavy (non-hydrogen) atoms. The summed E-state index contributed by atoms with van der Waals surface area (Å²) in [5.41, 5.74) is 0.254. The molecule has 1 atom stereocenters. The summed E-state index contributed by atoms with van der Waals surface area (Å²) in [4.78, 5) is 30.0. The predicted octanol–water partition coefficient (Wildman–Crippen LogP) is 9.26. The quantitative estimate of drug-likeness (QED) is 0.155. The number of nitrogens with zero attached hydrogens (tertiary/aromatic N) is 2. The topological polar surface area (TPSA) is 86.8 Å². The second-order valence-electron chi connectivity index (χ2n) is 12.8. The van der Waals surface area contributed by atoms with Crippen molar-refractivity contribution in [3.05, 3.63) is 128 Å². The highest BCUT2D eigenvalue weighted by Gasteiger charge is 2.38. The van der Waals surface area contributed by atoms with Crippen LogP contribution in [0.5, 0.6) is 0 Å². The van der Waals surface area contributed by atoms with Crippen LogP contribution in [-0.2, 0) is 38.8 Å². The third kappa shape index (κ3) is 9.80. The summed E-state index contributed by atoms with van der Waals surface area (Å²) in [6.07, 6.45) is -0.394. The van der Waals surface area contributed by atoms with Crippen molar-refractivity contribution in [2.75, 3.05) is 10.8 Å². The van der Waals surface area contributed by atoms with Gasteiger partial charge in [-0.15, -0.1) is 0 Å². The third-order valence-corrected chi connectivity index (χ3v) is 11.8. The molecular weight excluding hydrogens is 758 g/mol. The van der Waals surface area contributed by atoms with E-state index in [0.29, 0.717) is 15.9 Å². The molecule has 14 heteroatoms. The Bertz CT molecular complexity index is 1990. The van der Waals surface area contributed by atoms with Crippen LogP contribution in [0.2, 0.25) is 15.1 Å². The molecule has 0 heterocycles. The molecule has 0 spiro atoms. The van der Waals surface area contributed by atoms with Gasteiger partial charge in [0.1, 0.15) is 12.6 Å². The zero-order valence-electron chi connectivity index (χ0n) is 28.2. The highest BCUT2D eigenvalue weighted by atomic mass is 35.5. The summed E-state index contributed by atoms with van der Waals surface area (Å²) >= 11 is 18.4. The number of hydrogen-bond acceptors (Lipinski definition) is 4. The average molecular weight is 795 g/mol. The fourth-order valence-corrected chi connectivity index (χ4v) is 8.14. The SMILES string of the molecule is Cc1ccc(S(=O)(=O)N(CC(=O)N(Cc2ccc(Cl)c(Cl)c2)C(Cc2ccccc2)C(=O)NC2CCCCC2)c2ccc(Cl)c(C(F)(F)F)c2)cc1. The predicted molar refractivity (Wildman–Crippen MR) is 198 cm³/mol. The Morgan fingerprint density at radius 1 is 0.827 bits per heavy atom. The fraction of sp³-hybridized carbons (Fsp3) is 0.316. The molecule has 0 radical (unpaired) electrons. The minimum Gasteiger partial charge on any atom is -0.352 e. The van der Waals surface area contributed by atoms with E-state index in [-0.39, 0.29) is 33.9 Å². The second-order valence-corrected chi connectivity index (χ2v) is 15.9. The third-order valence-electron chi connectivity index (χ3n) is 8.99. The number of benzene rings is 4. The lowest BCUT2D eigenvalue weighted by Gasteiger charge is -2.35. The van der Waals surface area contributed by atoms with Crippen molar-refractivity contribution in [2.24, 2.45) is 0 Å². The van der Waals surface area contributed by atoms with Gasteiger partial charge in [-0.3, -0.25) is 13.9 Å². The van der Waals surface area contributed by atoms with E-state index in [9.17, 15) is 31.2 Å². The molecule has 5 rings (SSSR count). The van der Waals surface area contributed by atoms with Crippen molar-refractivity contribution in [3.63, 3.8) is 0 Å². The van der Waals surface area contributed by atoms with Crippen LogP contribution in [0.15, 0.2) is 95.9 Å². The van der Waals surface area contributed by atoms with Gasteiger partial charge < -0.3 is 10.2 Å². The van der Waals surface area contributed by atoms with Gasteiger partial charge in [-0.25, -0.2) is 8.42 Å². The molecule has 1 unspecified atom stereocenters. The van der Waals surface area contributed by atoms with Crippen molar-refractivity contribution < 1.29 is 31.2 Å². The van der Waals surface area contributed by atoms with Gasteiger partial charge in [0, 0.05) is 19.0 Å². The molecule has 2 amide bonds. The summed E-state index contributed by atoms with van der Waals surface area (Å²) in [6.45, 7) is 0.606. The molecule has 1 aliphatic carbocycles. The van der Waals surface area contributed by atoms with Gasteiger partial charge in [-0.1, -0.05) is 108 Å². The van der Waals surface area contributed by atoms with E-state index < -0.39 is 56.9 Å². The molecule has 0 aliphatic heterocycles. The number of anilines is 1. The smallest absolute Gasteiger partial charge is 0.352 e. The molecule has 4 aromatic rings. The number of alkyl halides is 3. The van der Waals surface area contributed by atoms with Crippen molar-refractivity contribution in [1.29, 1.82) is 0 Å². The summed E-state index contributed by atoms with van der Waals surface area (Å²) in [5.74, 6) is -1.28. The Morgan fingerprint density at radius 3 is 2.12 bits per heavy atom. The molecule has 0 bridgehead atoms. The van der Waals surface area contributed by atoms with Crippen molar-refractivity contribution >= 4 is 62.3 Å². The number of hydrogen-bond donors (Lipinski definition) is 1. The molecule has 0 aromatic heterocycles. The largest absolute Gasteiger partial charge is 0.417 e. The Labute approximate surface area is 316 Å². The van der Waals surface area contributed by atoms with Gasteiger partial charge in [0.15, 0.2) is 0 Å².